The van der Waals surface area contributed by atoms with Gasteiger partial charge in [0.1, 0.15) is 10.7 Å². The number of aliphatic carboxylic acids is 1. The predicted molar refractivity (Wildman–Crippen MR) is 71.9 cm³/mol. The second kappa shape index (κ2) is 5.16. The van der Waals surface area contributed by atoms with Crippen molar-refractivity contribution in [2.45, 2.75) is 42.4 Å². The van der Waals surface area contributed by atoms with E-state index in [1.165, 1.54) is 18.2 Å². The van der Waals surface area contributed by atoms with Crippen LogP contribution in [0.1, 0.15) is 37.7 Å². The van der Waals surface area contributed by atoms with Crippen molar-refractivity contribution in [1.29, 1.82) is 0 Å². The van der Waals surface area contributed by atoms with Gasteiger partial charge in [0, 0.05) is 11.8 Å². The average molecular weight is 300 g/mol. The Bertz CT molecular complexity index is 631. The minimum Gasteiger partial charge on any atom is -0.481 e. The molecule has 1 aromatic carbocycles. The van der Waals surface area contributed by atoms with Crippen LogP contribution in [0.2, 0.25) is 0 Å². The number of halogens is 1. The Morgan fingerprint density at radius 3 is 2.35 bits per heavy atom. The van der Waals surface area contributed by atoms with Crippen LogP contribution in [0.25, 0.3) is 0 Å². The number of rotatable bonds is 3. The first-order valence-electron chi connectivity index (χ1n) is 6.51. The molecule has 0 amide bonds. The quantitative estimate of drug-likeness (QED) is 0.931. The third-order valence-electron chi connectivity index (χ3n) is 3.99. The molecule has 110 valence electrons. The molecule has 1 aliphatic carbocycles. The van der Waals surface area contributed by atoms with Gasteiger partial charge >= 0.3 is 5.97 Å². The smallest absolute Gasteiger partial charge is 0.314 e. The summed E-state index contributed by atoms with van der Waals surface area (Å²) in [4.78, 5) is 11.2. The summed E-state index contributed by atoms with van der Waals surface area (Å²) in [6.07, 6.45) is 3.93. The van der Waals surface area contributed by atoms with Crippen LogP contribution in [0.4, 0.5) is 4.39 Å². The number of hydrogen-bond acceptors (Lipinski definition) is 3. The molecule has 1 fully saturated rings. The van der Waals surface area contributed by atoms with Crippen LogP contribution in [0, 0.1) is 5.82 Å². The van der Waals surface area contributed by atoms with Crippen molar-refractivity contribution in [3.8, 4) is 0 Å². The third kappa shape index (κ3) is 2.44. The van der Waals surface area contributed by atoms with E-state index < -0.39 is 31.9 Å². The maximum atomic E-state index is 14.5. The molecule has 0 aromatic heterocycles. The molecule has 0 bridgehead atoms. The van der Waals surface area contributed by atoms with Gasteiger partial charge in [0.15, 0.2) is 9.84 Å². The maximum Gasteiger partial charge on any atom is 0.314 e. The monoisotopic (exact) mass is 300 g/mol. The van der Waals surface area contributed by atoms with Crippen LogP contribution >= 0.6 is 0 Å². The standard InChI is InChI=1S/C14H17FO4S/c1-20(18,19)11-7-5-6-10(12(11)15)14(13(16)17)8-3-2-4-9-14/h5-7H,2-4,8-9H2,1H3,(H,16,17). The highest BCUT2D eigenvalue weighted by atomic mass is 32.2. The minimum absolute atomic E-state index is 0.00683. The van der Waals surface area contributed by atoms with Gasteiger partial charge in [0.25, 0.3) is 0 Å². The Morgan fingerprint density at radius 1 is 1.25 bits per heavy atom. The first-order valence-corrected chi connectivity index (χ1v) is 8.40. The second-order valence-electron chi connectivity index (χ2n) is 5.34. The van der Waals surface area contributed by atoms with Crippen LogP contribution in [0.15, 0.2) is 23.1 Å². The van der Waals surface area contributed by atoms with Gasteiger partial charge in [-0.05, 0) is 18.9 Å². The van der Waals surface area contributed by atoms with Crippen molar-refractivity contribution in [2.24, 2.45) is 0 Å². The molecule has 0 unspecified atom stereocenters. The van der Waals surface area contributed by atoms with Gasteiger partial charge in [-0.3, -0.25) is 4.79 Å². The fourth-order valence-corrected chi connectivity index (χ4v) is 3.68. The van der Waals surface area contributed by atoms with Crippen molar-refractivity contribution in [1.82, 2.24) is 0 Å². The second-order valence-corrected chi connectivity index (χ2v) is 7.32. The van der Waals surface area contributed by atoms with Crippen molar-refractivity contribution in [2.75, 3.05) is 6.26 Å². The molecular weight excluding hydrogens is 283 g/mol. The molecule has 0 heterocycles. The Morgan fingerprint density at radius 2 is 1.85 bits per heavy atom. The van der Waals surface area contributed by atoms with Gasteiger partial charge in [0.05, 0.1) is 5.41 Å². The van der Waals surface area contributed by atoms with Crippen molar-refractivity contribution >= 4 is 15.8 Å². The first-order chi connectivity index (χ1) is 9.29. The largest absolute Gasteiger partial charge is 0.481 e. The zero-order chi connectivity index (χ0) is 15.0. The molecule has 1 aliphatic rings. The lowest BCUT2D eigenvalue weighted by molar-refractivity contribution is -0.145. The van der Waals surface area contributed by atoms with Crippen LogP contribution in [0.5, 0.6) is 0 Å². The van der Waals surface area contributed by atoms with Gasteiger partial charge in [-0.25, -0.2) is 12.8 Å². The Balaban J connectivity index is 2.64. The average Bonchev–Trinajstić information content (AvgIpc) is 2.38. The van der Waals surface area contributed by atoms with E-state index in [1.54, 1.807) is 0 Å². The summed E-state index contributed by atoms with van der Waals surface area (Å²) < 4.78 is 37.7. The molecule has 0 saturated heterocycles. The van der Waals surface area contributed by atoms with E-state index in [4.69, 9.17) is 0 Å². The lowest BCUT2D eigenvalue weighted by atomic mass is 9.69. The Labute approximate surface area is 117 Å². The Kier molecular flexibility index (Phi) is 3.86. The first kappa shape index (κ1) is 15.0. The predicted octanol–water partition coefficient (Wildman–Crippen LogP) is 2.52. The highest BCUT2D eigenvalue weighted by Crippen LogP contribution is 2.41. The van der Waals surface area contributed by atoms with Gasteiger partial charge < -0.3 is 5.11 Å². The summed E-state index contributed by atoms with van der Waals surface area (Å²) in [5, 5.41) is 9.54. The molecule has 2 rings (SSSR count). The number of carboxylic acid groups (broad SMARTS) is 1. The zero-order valence-electron chi connectivity index (χ0n) is 11.2. The summed E-state index contributed by atoms with van der Waals surface area (Å²) in [6, 6.07) is 3.98. The summed E-state index contributed by atoms with van der Waals surface area (Å²) in [5.41, 5.74) is -1.31. The topological polar surface area (TPSA) is 71.4 Å². The van der Waals surface area contributed by atoms with E-state index in [2.05, 4.69) is 0 Å². The lowest BCUT2D eigenvalue weighted by Gasteiger charge is -2.34. The summed E-state index contributed by atoms with van der Waals surface area (Å²) in [6.45, 7) is 0. The number of benzene rings is 1. The molecule has 0 spiro atoms. The Hall–Kier alpha value is -1.43. The van der Waals surface area contributed by atoms with Crippen LogP contribution in [0.3, 0.4) is 0 Å². The number of carboxylic acids is 1. The van der Waals surface area contributed by atoms with Crippen LogP contribution < -0.4 is 0 Å². The zero-order valence-corrected chi connectivity index (χ0v) is 12.0. The van der Waals surface area contributed by atoms with Crippen molar-refractivity contribution < 1.29 is 22.7 Å². The molecule has 0 atom stereocenters. The number of sulfone groups is 1. The molecule has 1 N–H and O–H groups in total. The van der Waals surface area contributed by atoms with Gasteiger partial charge in [-0.1, -0.05) is 31.4 Å². The fourth-order valence-electron chi connectivity index (χ4n) is 2.92. The molecule has 1 aromatic rings. The molecular formula is C14H17FO4S. The highest BCUT2D eigenvalue weighted by molar-refractivity contribution is 7.90. The van der Waals surface area contributed by atoms with E-state index in [-0.39, 0.29) is 5.56 Å². The summed E-state index contributed by atoms with van der Waals surface area (Å²) in [7, 11) is -3.72. The van der Waals surface area contributed by atoms with E-state index in [0.29, 0.717) is 25.7 Å². The highest BCUT2D eigenvalue weighted by Gasteiger charge is 2.43. The summed E-state index contributed by atoms with van der Waals surface area (Å²) >= 11 is 0. The van der Waals surface area contributed by atoms with E-state index in [0.717, 1.165) is 12.7 Å². The van der Waals surface area contributed by atoms with Crippen molar-refractivity contribution in [3.63, 3.8) is 0 Å². The van der Waals surface area contributed by atoms with Crippen LogP contribution in [-0.4, -0.2) is 25.7 Å². The SMILES string of the molecule is CS(=O)(=O)c1cccc(C2(C(=O)O)CCCCC2)c1F. The number of carbonyl (C=O) groups is 1. The fraction of sp³-hybridized carbons (Fsp3) is 0.500. The van der Waals surface area contributed by atoms with Crippen LogP contribution in [-0.2, 0) is 20.0 Å². The van der Waals surface area contributed by atoms with Gasteiger partial charge in [-0.2, -0.15) is 0 Å². The summed E-state index contributed by atoms with van der Waals surface area (Å²) in [5.74, 6) is -2.00. The molecule has 0 radical (unpaired) electrons. The van der Waals surface area contributed by atoms with E-state index in [9.17, 15) is 22.7 Å². The van der Waals surface area contributed by atoms with Crippen molar-refractivity contribution in [3.05, 3.63) is 29.6 Å². The van der Waals surface area contributed by atoms with E-state index >= 15 is 0 Å². The third-order valence-corrected chi connectivity index (χ3v) is 5.11. The van der Waals surface area contributed by atoms with Gasteiger partial charge in [-0.15, -0.1) is 0 Å². The normalized spacial score (nSPS) is 18.7. The number of hydrogen-bond donors (Lipinski definition) is 1. The minimum atomic E-state index is -3.72. The maximum absolute atomic E-state index is 14.5. The van der Waals surface area contributed by atoms with E-state index in [1.807, 2.05) is 0 Å². The molecule has 6 heteroatoms. The van der Waals surface area contributed by atoms with Gasteiger partial charge in [0.2, 0.25) is 0 Å². The molecule has 20 heavy (non-hydrogen) atoms. The molecule has 0 aliphatic heterocycles. The molecule has 1 saturated carbocycles. The molecule has 4 nitrogen and oxygen atoms in total. The lowest BCUT2D eigenvalue weighted by Crippen LogP contribution is -2.39.